The first-order valence-corrected chi connectivity index (χ1v) is 13.3. The fraction of sp³-hybridized carbons (Fsp3) is 0.609. The molecule has 2 fully saturated rings. The molecule has 1 saturated heterocycles. The van der Waals surface area contributed by atoms with Gasteiger partial charge in [-0.3, -0.25) is 4.79 Å². The maximum absolute atomic E-state index is 13.2. The van der Waals surface area contributed by atoms with Crippen LogP contribution < -0.4 is 14.8 Å². The number of carbonyl (C=O) groups is 1. The number of hydrogen-bond acceptors (Lipinski definition) is 8. The summed E-state index contributed by atoms with van der Waals surface area (Å²) in [5, 5.41) is 7.13. The van der Waals surface area contributed by atoms with Gasteiger partial charge in [0.15, 0.2) is 17.3 Å². The van der Waals surface area contributed by atoms with E-state index in [0.29, 0.717) is 55.2 Å². The summed E-state index contributed by atoms with van der Waals surface area (Å²) in [5.41, 5.74) is 0. The Morgan fingerprint density at radius 2 is 1.79 bits per heavy atom. The average Bonchev–Trinajstić information content (AvgIpc) is 3.59. The first kappa shape index (κ1) is 23.1. The number of amides is 1. The van der Waals surface area contributed by atoms with E-state index in [1.165, 1.54) is 16.4 Å². The van der Waals surface area contributed by atoms with Crippen molar-refractivity contribution in [1.29, 1.82) is 0 Å². The molecule has 1 aromatic heterocycles. The zero-order chi connectivity index (χ0) is 23.9. The van der Waals surface area contributed by atoms with Gasteiger partial charge in [-0.2, -0.15) is 9.29 Å². The molecule has 1 aliphatic carbocycles. The Labute approximate surface area is 199 Å². The van der Waals surface area contributed by atoms with Gasteiger partial charge in [-0.25, -0.2) is 8.42 Å². The summed E-state index contributed by atoms with van der Waals surface area (Å²) in [4.78, 5) is 17.7. The molecule has 1 unspecified atom stereocenters. The highest BCUT2D eigenvalue weighted by Crippen LogP contribution is 2.39. The van der Waals surface area contributed by atoms with Crippen molar-refractivity contribution in [3.8, 4) is 11.5 Å². The normalized spacial score (nSPS) is 20.3. The predicted octanol–water partition coefficient (Wildman–Crippen LogP) is 2.63. The van der Waals surface area contributed by atoms with Crippen LogP contribution in [0.2, 0.25) is 0 Å². The SMILES string of the molecule is CC(C)C(NC(=O)C1CCN(S(=O)(=O)c2ccc3c(c2)OCCO3)CC1)c1nc(C2CC2)no1. The Morgan fingerprint density at radius 3 is 2.47 bits per heavy atom. The van der Waals surface area contributed by atoms with E-state index in [9.17, 15) is 13.2 Å². The molecule has 34 heavy (non-hydrogen) atoms. The van der Waals surface area contributed by atoms with Crippen LogP contribution in [-0.4, -0.2) is 55.1 Å². The summed E-state index contributed by atoms with van der Waals surface area (Å²) in [6, 6.07) is 4.30. The van der Waals surface area contributed by atoms with E-state index in [2.05, 4.69) is 15.5 Å². The molecular formula is C23H30N4O6S. The second kappa shape index (κ2) is 9.18. The topological polar surface area (TPSA) is 124 Å². The van der Waals surface area contributed by atoms with Crippen molar-refractivity contribution in [3.05, 3.63) is 29.9 Å². The highest BCUT2D eigenvalue weighted by molar-refractivity contribution is 7.89. The van der Waals surface area contributed by atoms with Gasteiger partial charge in [0.1, 0.15) is 19.3 Å². The molecule has 1 atom stereocenters. The molecule has 5 rings (SSSR count). The van der Waals surface area contributed by atoms with Crippen molar-refractivity contribution in [2.45, 2.75) is 56.4 Å². The maximum atomic E-state index is 13.2. The second-order valence-corrected chi connectivity index (χ2v) is 11.4. The zero-order valence-corrected chi connectivity index (χ0v) is 20.2. The van der Waals surface area contributed by atoms with Gasteiger partial charge in [0.2, 0.25) is 21.8 Å². The van der Waals surface area contributed by atoms with Gasteiger partial charge in [-0.05, 0) is 43.7 Å². The smallest absolute Gasteiger partial charge is 0.249 e. The van der Waals surface area contributed by atoms with Crippen LogP contribution >= 0.6 is 0 Å². The van der Waals surface area contributed by atoms with E-state index in [1.807, 2.05) is 13.8 Å². The van der Waals surface area contributed by atoms with Gasteiger partial charge in [-0.15, -0.1) is 0 Å². The van der Waals surface area contributed by atoms with Crippen LogP contribution in [0.5, 0.6) is 11.5 Å². The molecule has 0 bridgehead atoms. The minimum Gasteiger partial charge on any atom is -0.486 e. The summed E-state index contributed by atoms with van der Waals surface area (Å²) >= 11 is 0. The van der Waals surface area contributed by atoms with Gasteiger partial charge < -0.3 is 19.3 Å². The number of rotatable bonds is 7. The lowest BCUT2D eigenvalue weighted by Gasteiger charge is -2.31. The van der Waals surface area contributed by atoms with Crippen molar-refractivity contribution < 1.29 is 27.2 Å². The highest BCUT2D eigenvalue weighted by atomic mass is 32.2. The fourth-order valence-corrected chi connectivity index (χ4v) is 5.84. The predicted molar refractivity (Wildman–Crippen MR) is 121 cm³/mol. The highest BCUT2D eigenvalue weighted by Gasteiger charge is 2.35. The molecule has 0 radical (unpaired) electrons. The molecule has 1 aromatic carbocycles. The number of aromatic nitrogens is 2. The van der Waals surface area contributed by atoms with Crippen LogP contribution in [0.15, 0.2) is 27.6 Å². The van der Waals surface area contributed by atoms with Crippen molar-refractivity contribution in [2.75, 3.05) is 26.3 Å². The number of carbonyl (C=O) groups excluding carboxylic acids is 1. The fourth-order valence-electron chi connectivity index (χ4n) is 4.36. The number of nitrogens with one attached hydrogen (secondary N) is 1. The van der Waals surface area contributed by atoms with Crippen molar-refractivity contribution >= 4 is 15.9 Å². The lowest BCUT2D eigenvalue weighted by molar-refractivity contribution is -0.127. The van der Waals surface area contributed by atoms with E-state index in [4.69, 9.17) is 14.0 Å². The van der Waals surface area contributed by atoms with E-state index >= 15 is 0 Å². The Bertz CT molecular complexity index is 1150. The first-order chi connectivity index (χ1) is 16.3. The molecule has 1 N–H and O–H groups in total. The molecule has 10 nitrogen and oxygen atoms in total. The Hall–Kier alpha value is -2.66. The molecule has 2 aromatic rings. The van der Waals surface area contributed by atoms with Crippen LogP contribution in [0.1, 0.15) is 63.2 Å². The number of ether oxygens (including phenoxy) is 2. The quantitative estimate of drug-likeness (QED) is 0.628. The number of piperidine rings is 1. The van der Waals surface area contributed by atoms with Crippen molar-refractivity contribution in [2.24, 2.45) is 11.8 Å². The third-order valence-corrected chi connectivity index (χ3v) is 8.50. The minimum atomic E-state index is -3.69. The van der Waals surface area contributed by atoms with Gasteiger partial charge in [0, 0.05) is 31.0 Å². The Morgan fingerprint density at radius 1 is 1.09 bits per heavy atom. The van der Waals surface area contributed by atoms with E-state index in [0.717, 1.165) is 12.8 Å². The molecular weight excluding hydrogens is 460 g/mol. The molecule has 1 amide bonds. The molecule has 3 heterocycles. The molecule has 2 aliphatic heterocycles. The summed E-state index contributed by atoms with van der Waals surface area (Å²) < 4.78 is 44.2. The maximum Gasteiger partial charge on any atom is 0.249 e. The molecule has 11 heteroatoms. The average molecular weight is 491 g/mol. The van der Waals surface area contributed by atoms with Crippen molar-refractivity contribution in [3.63, 3.8) is 0 Å². The number of sulfonamides is 1. The van der Waals surface area contributed by atoms with Gasteiger partial charge >= 0.3 is 0 Å². The van der Waals surface area contributed by atoms with Gasteiger partial charge in [0.25, 0.3) is 0 Å². The second-order valence-electron chi connectivity index (χ2n) is 9.48. The third kappa shape index (κ3) is 4.63. The van der Waals surface area contributed by atoms with Crippen molar-refractivity contribution in [1.82, 2.24) is 19.8 Å². The minimum absolute atomic E-state index is 0.0760. The standard InChI is InChI=1S/C23H30N4O6S/c1-14(2)20(23-25-21(26-33-23)15-3-4-15)24-22(28)16-7-9-27(10-8-16)34(29,30)17-5-6-18-19(13-17)32-12-11-31-18/h5-6,13-16,20H,3-4,7-12H2,1-2H3,(H,24,28). The van der Waals surface area contributed by atoms with Crippen LogP contribution in [0, 0.1) is 11.8 Å². The lowest BCUT2D eigenvalue weighted by Crippen LogP contribution is -2.44. The largest absolute Gasteiger partial charge is 0.486 e. The Kier molecular flexibility index (Phi) is 6.24. The summed E-state index contributed by atoms with van der Waals surface area (Å²) in [5.74, 6) is 2.20. The van der Waals surface area contributed by atoms with E-state index < -0.39 is 10.0 Å². The lowest BCUT2D eigenvalue weighted by atomic mass is 9.95. The third-order valence-electron chi connectivity index (χ3n) is 6.61. The van der Waals surface area contributed by atoms with Crippen LogP contribution in [-0.2, 0) is 14.8 Å². The van der Waals surface area contributed by atoms with Crippen LogP contribution in [0.3, 0.4) is 0 Å². The molecule has 184 valence electrons. The zero-order valence-electron chi connectivity index (χ0n) is 19.4. The Balaban J connectivity index is 1.21. The molecule has 3 aliphatic rings. The monoisotopic (exact) mass is 490 g/mol. The van der Waals surface area contributed by atoms with Gasteiger partial charge in [-0.1, -0.05) is 19.0 Å². The first-order valence-electron chi connectivity index (χ1n) is 11.9. The number of nitrogens with zero attached hydrogens (tertiary/aromatic N) is 3. The number of fused-ring (bicyclic) bond motifs is 1. The molecule has 1 saturated carbocycles. The van der Waals surface area contributed by atoms with E-state index in [1.54, 1.807) is 6.07 Å². The summed E-state index contributed by atoms with van der Waals surface area (Å²) in [7, 11) is -3.69. The number of benzene rings is 1. The van der Waals surface area contributed by atoms with Crippen LogP contribution in [0.4, 0.5) is 0 Å². The number of hydrogen-bond donors (Lipinski definition) is 1. The molecule has 0 spiro atoms. The van der Waals surface area contributed by atoms with Crippen LogP contribution in [0.25, 0.3) is 0 Å². The summed E-state index contributed by atoms with van der Waals surface area (Å²) in [6.07, 6.45) is 3.03. The van der Waals surface area contributed by atoms with Gasteiger partial charge in [0.05, 0.1) is 4.90 Å². The van der Waals surface area contributed by atoms with E-state index in [-0.39, 0.29) is 41.8 Å². The summed E-state index contributed by atoms with van der Waals surface area (Å²) in [6.45, 7) is 5.37.